The molecular formula is C22H17ClFN3OS. The van der Waals surface area contributed by atoms with Crippen LogP contribution in [-0.2, 0) is 4.79 Å². The largest absolute Gasteiger partial charge is 0.317 e. The first-order valence-corrected chi connectivity index (χ1v) is 10.1. The highest BCUT2D eigenvalue weighted by Gasteiger charge is 2.30. The monoisotopic (exact) mass is 425 g/mol. The molecule has 29 heavy (non-hydrogen) atoms. The Morgan fingerprint density at radius 2 is 1.90 bits per heavy atom. The lowest BCUT2D eigenvalue weighted by Crippen LogP contribution is -2.23. The maximum absolute atomic E-state index is 13.1. The summed E-state index contributed by atoms with van der Waals surface area (Å²) in [6.45, 7) is 1.95. The summed E-state index contributed by atoms with van der Waals surface area (Å²) in [6.07, 6.45) is 3.76. The minimum Gasteiger partial charge on any atom is -0.317 e. The van der Waals surface area contributed by atoms with Crippen LogP contribution in [0.5, 0.6) is 0 Å². The predicted octanol–water partition coefficient (Wildman–Crippen LogP) is 5.81. The molecule has 3 aromatic rings. The second-order valence-electron chi connectivity index (χ2n) is 6.58. The van der Waals surface area contributed by atoms with Crippen LogP contribution in [0.3, 0.4) is 0 Å². The number of benzene rings is 2. The molecule has 0 unspecified atom stereocenters. The molecule has 0 aliphatic carbocycles. The molecule has 1 saturated heterocycles. The van der Waals surface area contributed by atoms with E-state index in [1.807, 2.05) is 54.1 Å². The van der Waals surface area contributed by atoms with Crippen LogP contribution in [0.4, 0.5) is 10.1 Å². The summed E-state index contributed by atoms with van der Waals surface area (Å²) >= 11 is 7.56. The number of aromatic nitrogens is 1. The smallest absolute Gasteiger partial charge is 0.266 e. The van der Waals surface area contributed by atoms with Crippen molar-refractivity contribution in [2.45, 2.75) is 6.92 Å². The fraction of sp³-hybridized carbons (Fsp3) is 0.0909. The molecule has 1 aliphatic rings. The molecule has 1 aliphatic heterocycles. The molecule has 0 bridgehead atoms. The van der Waals surface area contributed by atoms with Gasteiger partial charge in [0, 0.05) is 29.6 Å². The van der Waals surface area contributed by atoms with Gasteiger partial charge in [-0.3, -0.25) is 9.69 Å². The van der Waals surface area contributed by atoms with Gasteiger partial charge in [0.1, 0.15) is 5.82 Å². The third kappa shape index (κ3) is 3.99. The number of aliphatic imine (C=N–C) groups is 1. The molecule has 2 aromatic carbocycles. The lowest BCUT2D eigenvalue weighted by molar-refractivity contribution is -0.121. The SMILES string of the molecule is Cc1ccc(-n2cccc2/C=C2\SC(=Nc3ccc(F)cc3)N(C)C2=O)cc1Cl. The number of hydrogen-bond acceptors (Lipinski definition) is 3. The number of amides is 1. The molecule has 146 valence electrons. The number of thioether (sulfide) groups is 1. The first-order chi connectivity index (χ1) is 13.9. The van der Waals surface area contributed by atoms with Crippen molar-refractivity contribution in [3.8, 4) is 5.69 Å². The topological polar surface area (TPSA) is 37.6 Å². The third-order valence-corrected chi connectivity index (χ3v) is 6.02. The number of likely N-dealkylation sites (N-methyl/N-ethyl adjacent to an activating group) is 1. The van der Waals surface area contributed by atoms with Crippen LogP contribution in [-0.4, -0.2) is 27.6 Å². The number of carbonyl (C=O) groups is 1. The molecule has 1 amide bonds. The molecule has 1 fully saturated rings. The summed E-state index contributed by atoms with van der Waals surface area (Å²) in [5.74, 6) is -0.458. The maximum atomic E-state index is 13.1. The Kier molecular flexibility index (Phi) is 5.30. The van der Waals surface area contributed by atoms with Gasteiger partial charge in [-0.05, 0) is 78.9 Å². The zero-order valence-electron chi connectivity index (χ0n) is 15.8. The lowest BCUT2D eigenvalue weighted by atomic mass is 10.2. The molecule has 4 nitrogen and oxygen atoms in total. The van der Waals surface area contributed by atoms with Gasteiger partial charge in [0.05, 0.1) is 10.6 Å². The van der Waals surface area contributed by atoms with Gasteiger partial charge in [0.15, 0.2) is 5.17 Å². The van der Waals surface area contributed by atoms with Crippen LogP contribution in [0.25, 0.3) is 11.8 Å². The van der Waals surface area contributed by atoms with E-state index >= 15 is 0 Å². The van der Waals surface area contributed by atoms with Crippen molar-refractivity contribution in [3.63, 3.8) is 0 Å². The van der Waals surface area contributed by atoms with Crippen molar-refractivity contribution in [1.29, 1.82) is 0 Å². The minimum absolute atomic E-state index is 0.134. The van der Waals surface area contributed by atoms with E-state index in [2.05, 4.69) is 4.99 Å². The van der Waals surface area contributed by atoms with Crippen LogP contribution in [0.1, 0.15) is 11.3 Å². The summed E-state index contributed by atoms with van der Waals surface area (Å²) in [6, 6.07) is 15.5. The third-order valence-electron chi connectivity index (χ3n) is 4.55. The highest BCUT2D eigenvalue weighted by Crippen LogP contribution is 2.33. The van der Waals surface area contributed by atoms with Gasteiger partial charge in [-0.1, -0.05) is 17.7 Å². The first-order valence-electron chi connectivity index (χ1n) is 8.88. The van der Waals surface area contributed by atoms with Gasteiger partial charge in [-0.25, -0.2) is 9.38 Å². The van der Waals surface area contributed by atoms with E-state index in [-0.39, 0.29) is 11.7 Å². The van der Waals surface area contributed by atoms with E-state index in [9.17, 15) is 9.18 Å². The molecule has 7 heteroatoms. The lowest BCUT2D eigenvalue weighted by Gasteiger charge is -2.09. The molecule has 1 aromatic heterocycles. The quantitative estimate of drug-likeness (QED) is 0.496. The Hall–Kier alpha value is -2.83. The van der Waals surface area contributed by atoms with Crippen LogP contribution in [0.2, 0.25) is 5.02 Å². The summed E-state index contributed by atoms with van der Waals surface area (Å²) in [5, 5.41) is 1.24. The Bertz CT molecular complexity index is 1150. The molecule has 4 rings (SSSR count). The van der Waals surface area contributed by atoms with Crippen LogP contribution < -0.4 is 0 Å². The van der Waals surface area contributed by atoms with Gasteiger partial charge in [0.25, 0.3) is 5.91 Å². The Labute approximate surface area is 177 Å². The highest BCUT2D eigenvalue weighted by molar-refractivity contribution is 8.18. The van der Waals surface area contributed by atoms with Crippen molar-refractivity contribution in [2.75, 3.05) is 7.05 Å². The fourth-order valence-electron chi connectivity index (χ4n) is 2.89. The number of nitrogens with zero attached hydrogens (tertiary/aromatic N) is 3. The van der Waals surface area contributed by atoms with Gasteiger partial charge < -0.3 is 4.57 Å². The molecule has 0 radical (unpaired) electrons. The highest BCUT2D eigenvalue weighted by atomic mass is 35.5. The molecule has 0 atom stereocenters. The number of hydrogen-bond donors (Lipinski definition) is 0. The molecular weight excluding hydrogens is 409 g/mol. The van der Waals surface area contributed by atoms with E-state index in [4.69, 9.17) is 11.6 Å². The Balaban J connectivity index is 1.66. The normalized spacial score (nSPS) is 17.0. The molecule has 0 saturated carbocycles. The van der Waals surface area contributed by atoms with E-state index < -0.39 is 0 Å². The van der Waals surface area contributed by atoms with Crippen molar-refractivity contribution in [1.82, 2.24) is 9.47 Å². The summed E-state index contributed by atoms with van der Waals surface area (Å²) in [5.41, 5.74) is 3.37. The minimum atomic E-state index is -0.324. The van der Waals surface area contributed by atoms with Crippen LogP contribution in [0, 0.1) is 12.7 Å². The van der Waals surface area contributed by atoms with Gasteiger partial charge in [-0.2, -0.15) is 0 Å². The Morgan fingerprint density at radius 1 is 1.14 bits per heavy atom. The molecule has 0 spiro atoms. The summed E-state index contributed by atoms with van der Waals surface area (Å²) in [7, 11) is 1.68. The van der Waals surface area contributed by atoms with Crippen molar-refractivity contribution in [2.24, 2.45) is 4.99 Å². The summed E-state index contributed by atoms with van der Waals surface area (Å²) in [4.78, 5) is 19.2. The van der Waals surface area contributed by atoms with Gasteiger partial charge in [0.2, 0.25) is 0 Å². The van der Waals surface area contributed by atoms with E-state index in [0.29, 0.717) is 20.8 Å². The number of aryl methyl sites for hydroxylation is 1. The van der Waals surface area contributed by atoms with E-state index in [1.165, 1.54) is 28.8 Å². The predicted molar refractivity (Wildman–Crippen MR) is 117 cm³/mol. The maximum Gasteiger partial charge on any atom is 0.266 e. The van der Waals surface area contributed by atoms with Crippen LogP contribution >= 0.6 is 23.4 Å². The summed E-state index contributed by atoms with van der Waals surface area (Å²) < 4.78 is 15.1. The first kappa shape index (κ1) is 19.5. The van der Waals surface area contributed by atoms with E-state index in [0.717, 1.165) is 16.9 Å². The number of amidine groups is 1. The average Bonchev–Trinajstić information content (AvgIpc) is 3.27. The zero-order chi connectivity index (χ0) is 20.5. The van der Waals surface area contributed by atoms with E-state index in [1.54, 1.807) is 19.2 Å². The van der Waals surface area contributed by atoms with Crippen molar-refractivity contribution < 1.29 is 9.18 Å². The van der Waals surface area contributed by atoms with Gasteiger partial charge in [-0.15, -0.1) is 0 Å². The fourth-order valence-corrected chi connectivity index (χ4v) is 4.04. The zero-order valence-corrected chi connectivity index (χ0v) is 17.3. The van der Waals surface area contributed by atoms with Crippen LogP contribution in [0.15, 0.2) is 70.7 Å². The standard InChI is InChI=1S/C22H17ClFN3OS/c1-14-5-10-18(12-19(14)23)27-11-3-4-17(27)13-20-21(28)26(2)22(29-20)25-16-8-6-15(24)7-9-16/h3-13H,1-2H3/b20-13-,25-22?. The van der Waals surface area contributed by atoms with Crippen molar-refractivity contribution >= 4 is 46.2 Å². The number of carbonyl (C=O) groups excluding carboxylic acids is 1. The van der Waals surface area contributed by atoms with Crippen molar-refractivity contribution in [3.05, 3.63) is 87.8 Å². The number of rotatable bonds is 3. The second-order valence-corrected chi connectivity index (χ2v) is 8.00. The second kappa shape index (κ2) is 7.89. The average molecular weight is 426 g/mol. The molecule has 0 N–H and O–H groups in total. The van der Waals surface area contributed by atoms with Gasteiger partial charge >= 0.3 is 0 Å². The number of halogens is 2. The molecule has 2 heterocycles. The Morgan fingerprint density at radius 3 is 2.62 bits per heavy atom.